The number of carbonyl (C=O) groups is 1. The van der Waals surface area contributed by atoms with Gasteiger partial charge in [-0.1, -0.05) is 130 Å². The average molecular weight is 896 g/mol. The summed E-state index contributed by atoms with van der Waals surface area (Å²) in [6, 6.07) is 23.6. The van der Waals surface area contributed by atoms with Gasteiger partial charge in [0.15, 0.2) is 5.78 Å². The molecule has 2 heterocycles. The number of aromatic nitrogens is 1. The summed E-state index contributed by atoms with van der Waals surface area (Å²) in [6.07, 6.45) is 5.17. The van der Waals surface area contributed by atoms with Crippen molar-refractivity contribution in [1.82, 2.24) is 4.98 Å². The number of fused-ring (bicyclic) bond motifs is 2. The Balaban J connectivity index is 0.000000448. The van der Waals surface area contributed by atoms with E-state index < -0.39 is 17.7 Å². The predicted octanol–water partition coefficient (Wildman–Crippen LogP) is 14.0. The molecule has 2 aromatic heterocycles. The molecule has 5 rings (SSSR count). The minimum absolute atomic E-state index is 0. The van der Waals surface area contributed by atoms with E-state index in [1.54, 1.807) is 6.20 Å². The van der Waals surface area contributed by atoms with E-state index in [9.17, 15) is 9.90 Å². The number of allylic oxidation sites excluding steroid dienone is 2. The molecule has 0 aliphatic rings. The molecule has 5 aromatic rings. The van der Waals surface area contributed by atoms with Gasteiger partial charge in [-0.25, -0.2) is 0 Å². The molecule has 0 saturated carbocycles. The first kappa shape index (κ1) is 39.2. The predicted molar refractivity (Wildman–Crippen MR) is 221 cm³/mol. The van der Waals surface area contributed by atoms with E-state index >= 15 is 0 Å². The zero-order valence-corrected chi connectivity index (χ0v) is 36.4. The zero-order valence-electron chi connectivity index (χ0n) is 37.0. The Labute approximate surface area is 337 Å². The van der Waals surface area contributed by atoms with Crippen molar-refractivity contribution in [1.29, 1.82) is 0 Å². The molecular weight excluding hydrogens is 831 g/mol. The van der Waals surface area contributed by atoms with E-state index in [-0.39, 0.29) is 48.9 Å². The Morgan fingerprint density at radius 2 is 1.57 bits per heavy atom. The van der Waals surface area contributed by atoms with Crippen LogP contribution in [0.1, 0.15) is 135 Å². The van der Waals surface area contributed by atoms with Crippen LogP contribution < -0.4 is 0 Å². The molecule has 5 heteroatoms. The standard InChI is InChI=1S/C35H38NO.C13H24O2.Ir/c1-22(2)29-21-36-31(26-16-24-11-9-10-12-27(24)30(17-26)35(6,7)8)19-28(29)33-18-25-14-13-23(15-32(25)37-33)20-34(3,4)5;1-5-10(6-2)12(14)9-13(15)11(7-3)8-4;/h9-15,17-19,21-22H,20H2,1-8H3;9-11,14H,5-8H2,1-4H3;/q-1;;/b;12-9-;/i20D2,22D;;. The first-order valence-corrected chi connectivity index (χ1v) is 19.0. The Morgan fingerprint density at radius 3 is 2.15 bits per heavy atom. The smallest absolute Gasteiger partial charge is 0.162 e. The van der Waals surface area contributed by atoms with Crippen molar-refractivity contribution in [3.63, 3.8) is 0 Å². The van der Waals surface area contributed by atoms with E-state index in [1.807, 2.05) is 98.7 Å². The molecule has 0 atom stereocenters. The number of carbonyl (C=O) groups excluding carboxylic acids is 1. The third kappa shape index (κ3) is 11.2. The number of hydrogen-bond donors (Lipinski definition) is 1. The molecule has 287 valence electrons. The van der Waals surface area contributed by atoms with Crippen LogP contribution in [0, 0.1) is 23.3 Å². The van der Waals surface area contributed by atoms with Gasteiger partial charge in [0.2, 0.25) is 0 Å². The van der Waals surface area contributed by atoms with E-state index in [0.717, 1.165) is 58.8 Å². The van der Waals surface area contributed by atoms with Crippen LogP contribution in [0.4, 0.5) is 0 Å². The third-order valence-electron chi connectivity index (χ3n) is 9.69. The van der Waals surface area contributed by atoms with Crippen molar-refractivity contribution in [3.05, 3.63) is 101 Å². The van der Waals surface area contributed by atoms with E-state index in [4.69, 9.17) is 13.5 Å². The second-order valence-corrected chi connectivity index (χ2v) is 16.2. The van der Waals surface area contributed by atoms with Crippen LogP contribution in [0.5, 0.6) is 0 Å². The molecule has 53 heavy (non-hydrogen) atoms. The van der Waals surface area contributed by atoms with E-state index in [2.05, 4.69) is 51.1 Å². The van der Waals surface area contributed by atoms with Gasteiger partial charge in [0, 0.05) is 65.0 Å². The summed E-state index contributed by atoms with van der Waals surface area (Å²) in [5.41, 5.74) is 5.04. The van der Waals surface area contributed by atoms with Gasteiger partial charge in [-0.2, -0.15) is 0 Å². The molecule has 3 aromatic carbocycles. The van der Waals surface area contributed by atoms with Gasteiger partial charge in [0.1, 0.15) is 11.3 Å². The molecule has 4 nitrogen and oxygen atoms in total. The number of nitrogens with zero attached hydrogens (tertiary/aromatic N) is 1. The zero-order chi connectivity index (χ0) is 41.1. The number of rotatable bonds is 11. The van der Waals surface area contributed by atoms with Gasteiger partial charge in [-0.05, 0) is 72.0 Å². The summed E-state index contributed by atoms with van der Waals surface area (Å²) in [5, 5.41) is 12.9. The molecule has 0 fully saturated rings. The summed E-state index contributed by atoms with van der Waals surface area (Å²) in [4.78, 5) is 16.5. The number of hydrogen-bond acceptors (Lipinski definition) is 4. The Morgan fingerprint density at radius 1 is 0.925 bits per heavy atom. The van der Waals surface area contributed by atoms with Crippen LogP contribution in [0.15, 0.2) is 83.1 Å². The Kier molecular flexibility index (Phi) is 13.8. The van der Waals surface area contributed by atoms with Gasteiger partial charge in [0.25, 0.3) is 0 Å². The summed E-state index contributed by atoms with van der Waals surface area (Å²) >= 11 is 0. The normalized spacial score (nSPS) is 13.7. The van der Waals surface area contributed by atoms with Crippen molar-refractivity contribution in [2.45, 2.75) is 126 Å². The average Bonchev–Trinajstić information content (AvgIpc) is 3.55. The van der Waals surface area contributed by atoms with Crippen LogP contribution in [0.2, 0.25) is 0 Å². The van der Waals surface area contributed by atoms with Crippen molar-refractivity contribution in [2.75, 3.05) is 0 Å². The van der Waals surface area contributed by atoms with Crippen LogP contribution in [0.3, 0.4) is 0 Å². The van der Waals surface area contributed by atoms with E-state index in [0.29, 0.717) is 16.9 Å². The second-order valence-electron chi connectivity index (χ2n) is 16.2. The fourth-order valence-electron chi connectivity index (χ4n) is 6.65. The summed E-state index contributed by atoms with van der Waals surface area (Å²) < 4.78 is 32.7. The minimum Gasteiger partial charge on any atom is -0.512 e. The van der Waals surface area contributed by atoms with Crippen molar-refractivity contribution in [2.24, 2.45) is 17.3 Å². The van der Waals surface area contributed by atoms with Crippen LogP contribution in [-0.4, -0.2) is 15.9 Å². The van der Waals surface area contributed by atoms with Crippen molar-refractivity contribution >= 4 is 27.5 Å². The maximum atomic E-state index is 11.7. The SMILES string of the molecule is CCC(CC)C(=O)/C=C(\O)C(CC)CC.[2H]C(C)(C)c1cnc(-c2[c-]c3ccccc3c(C(C)(C)C)c2)cc1-c1cc2ccc(C([2H])([2H])C(C)(C)C)cc2o1.[Ir]. The molecule has 1 radical (unpaired) electrons. The van der Waals surface area contributed by atoms with Crippen molar-refractivity contribution < 1.29 is 38.5 Å². The van der Waals surface area contributed by atoms with Crippen LogP contribution >= 0.6 is 0 Å². The van der Waals surface area contributed by atoms with Gasteiger partial charge in [-0.15, -0.1) is 29.1 Å². The van der Waals surface area contributed by atoms with Gasteiger partial charge in [0.05, 0.1) is 5.76 Å². The second kappa shape index (κ2) is 18.7. The fourth-order valence-corrected chi connectivity index (χ4v) is 6.65. The topological polar surface area (TPSA) is 63.3 Å². The number of furan rings is 1. The first-order valence-electron chi connectivity index (χ1n) is 20.5. The molecule has 0 spiro atoms. The molecule has 0 bridgehead atoms. The van der Waals surface area contributed by atoms with Gasteiger partial charge in [-0.3, -0.25) is 9.78 Å². The largest absolute Gasteiger partial charge is 0.512 e. The van der Waals surface area contributed by atoms with Gasteiger partial charge >= 0.3 is 0 Å². The molecule has 0 amide bonds. The number of benzene rings is 3. The number of aliphatic hydroxyl groups is 1. The Bertz CT molecular complexity index is 2140. The fraction of sp³-hybridized carbons (Fsp3) is 0.458. The summed E-state index contributed by atoms with van der Waals surface area (Å²) in [5.74, 6) is 0.281. The number of ketones is 1. The molecule has 0 aliphatic heterocycles. The van der Waals surface area contributed by atoms with E-state index in [1.165, 1.54) is 17.0 Å². The number of pyridine rings is 1. The Hall–Kier alpha value is -3.53. The van der Waals surface area contributed by atoms with Crippen LogP contribution in [-0.2, 0) is 36.7 Å². The monoisotopic (exact) mass is 896 g/mol. The summed E-state index contributed by atoms with van der Waals surface area (Å²) in [6.45, 7) is 24.1. The maximum Gasteiger partial charge on any atom is 0.162 e. The summed E-state index contributed by atoms with van der Waals surface area (Å²) in [7, 11) is 0. The molecule has 0 unspecified atom stereocenters. The van der Waals surface area contributed by atoms with Gasteiger partial charge < -0.3 is 9.52 Å². The quantitative estimate of drug-likeness (QED) is 0.0815. The number of aliphatic hydroxyl groups excluding tert-OH is 1. The minimum atomic E-state index is -1.52. The molecule has 1 N–H and O–H groups in total. The third-order valence-corrected chi connectivity index (χ3v) is 9.69. The molecule has 0 aliphatic carbocycles. The molecule has 0 saturated heterocycles. The van der Waals surface area contributed by atoms with Crippen molar-refractivity contribution in [3.8, 4) is 22.6 Å². The van der Waals surface area contributed by atoms with Crippen LogP contribution in [0.25, 0.3) is 44.3 Å². The first-order chi connectivity index (χ1) is 25.6. The molecular formula is C48H62IrNO3-. The maximum absolute atomic E-state index is 11.7.